The molecular weight excluding hydrogens is 630 g/mol. The van der Waals surface area contributed by atoms with Crippen molar-refractivity contribution in [3.8, 4) is 0 Å². The van der Waals surface area contributed by atoms with E-state index in [0.29, 0.717) is 11.3 Å². The van der Waals surface area contributed by atoms with E-state index in [4.69, 9.17) is 0 Å². The molecule has 0 aliphatic carbocycles. The first kappa shape index (κ1) is 44.3. The molecule has 0 unspecified atom stereocenters. The van der Waals surface area contributed by atoms with E-state index >= 15 is 0 Å². The molecule has 13 heteroatoms. The van der Waals surface area contributed by atoms with E-state index in [1.54, 1.807) is 11.1 Å². The highest BCUT2D eigenvalue weighted by Crippen LogP contribution is 2.27. The molecule has 0 saturated carbocycles. The molecule has 1 aromatic heterocycles. The monoisotopic (exact) mass is 685 g/mol. The molecular formula is C36H55N5O8. The number of ketones is 3. The van der Waals surface area contributed by atoms with Crippen LogP contribution in [-0.4, -0.2) is 55.1 Å². The second-order valence-corrected chi connectivity index (χ2v) is 15.5. The van der Waals surface area contributed by atoms with Gasteiger partial charge in [-0.2, -0.15) is 0 Å². The topological polar surface area (TPSA) is 185 Å². The van der Waals surface area contributed by atoms with Crippen LogP contribution in [0.4, 0.5) is 0 Å². The number of hydrogen-bond acceptors (Lipinski definition) is 8. The highest BCUT2D eigenvalue weighted by atomic mass is 16.2. The van der Waals surface area contributed by atoms with Crippen LogP contribution in [0.3, 0.4) is 0 Å². The van der Waals surface area contributed by atoms with E-state index in [1.807, 2.05) is 83.1 Å². The largest absolute Gasteiger partial charge is 0.332 e. The van der Waals surface area contributed by atoms with Gasteiger partial charge in [-0.05, 0) is 53.0 Å². The van der Waals surface area contributed by atoms with E-state index in [-0.39, 0.29) is 89.4 Å². The molecule has 0 aromatic carbocycles. The van der Waals surface area contributed by atoms with Gasteiger partial charge in [0.15, 0.2) is 17.3 Å². The fraction of sp³-hybridized carbons (Fsp3) is 0.556. The molecule has 0 saturated heterocycles. The fourth-order valence-electron chi connectivity index (χ4n) is 4.36. The third-order valence-electron chi connectivity index (χ3n) is 6.78. The minimum atomic E-state index is -0.466. The summed E-state index contributed by atoms with van der Waals surface area (Å²) in [5.41, 5.74) is -0.261. The maximum absolute atomic E-state index is 11.3. The standard InChI is InChI=1S/3C9H13NO2.C8H12N2O2.CH4/c1-9(2,3)6-5-10-8(12)4-7(6)11;1-9(2,3)7-4-6(11)5-8(12)10-7;1-9(2,3)10-5-4-7(11)6-8(10)12;1-8(2,3)10-6(11)4-5-9-7(10)12;/h5H,4H2,1-3H3,(H,10,12);4H,5H2,1-3H3,(H,10,12);4-5H,6H2,1-3H3;4-5H,1-3H3,(H,9,12);1H4. The first-order valence-corrected chi connectivity index (χ1v) is 15.6. The summed E-state index contributed by atoms with van der Waals surface area (Å²) < 4.78 is 1.19. The lowest BCUT2D eigenvalue weighted by molar-refractivity contribution is -0.136. The number of rotatable bonds is 0. The third-order valence-corrected chi connectivity index (χ3v) is 6.78. The quantitative estimate of drug-likeness (QED) is 0.342. The number of allylic oxidation sites excluding steroid dienone is 4. The zero-order chi connectivity index (χ0) is 37.4. The molecule has 0 spiro atoms. The zero-order valence-electron chi connectivity index (χ0n) is 30.2. The Morgan fingerprint density at radius 3 is 1.63 bits per heavy atom. The third kappa shape index (κ3) is 14.5. The van der Waals surface area contributed by atoms with Crippen LogP contribution in [0.5, 0.6) is 0 Å². The minimum Gasteiger partial charge on any atom is -0.332 e. The van der Waals surface area contributed by atoms with E-state index in [2.05, 4.69) is 15.6 Å². The van der Waals surface area contributed by atoms with E-state index < -0.39 is 5.54 Å². The van der Waals surface area contributed by atoms with Gasteiger partial charge in [0.25, 0.3) is 5.56 Å². The molecule has 4 rings (SSSR count). The molecule has 272 valence electrons. The van der Waals surface area contributed by atoms with Crippen LogP contribution in [-0.2, 0) is 34.3 Å². The van der Waals surface area contributed by atoms with Crippen molar-refractivity contribution in [1.29, 1.82) is 0 Å². The number of carbonyl (C=O) groups excluding carboxylic acids is 6. The summed E-state index contributed by atoms with van der Waals surface area (Å²) in [6.07, 6.45) is 7.39. The summed E-state index contributed by atoms with van der Waals surface area (Å²) in [6.45, 7) is 23.0. The van der Waals surface area contributed by atoms with Crippen LogP contribution in [0.25, 0.3) is 0 Å². The molecule has 0 atom stereocenters. The number of Topliss-reactive ketones (excluding diaryl/α,β-unsaturated/α-hetero) is 1. The first-order valence-electron chi connectivity index (χ1n) is 15.6. The Balaban J connectivity index is 0.000000623. The molecule has 4 heterocycles. The van der Waals surface area contributed by atoms with Crippen LogP contribution < -0.4 is 21.9 Å². The van der Waals surface area contributed by atoms with Crippen molar-refractivity contribution in [2.75, 3.05) is 0 Å². The Morgan fingerprint density at radius 2 is 1.24 bits per heavy atom. The number of H-pyrrole nitrogens is 1. The van der Waals surface area contributed by atoms with Crippen LogP contribution in [0.1, 0.15) is 110 Å². The Bertz CT molecular complexity index is 1600. The lowest BCUT2D eigenvalue weighted by Crippen LogP contribution is -2.44. The number of nitrogens with zero attached hydrogens (tertiary/aromatic N) is 2. The summed E-state index contributed by atoms with van der Waals surface area (Å²) in [6, 6.07) is 1.34. The van der Waals surface area contributed by atoms with Crippen molar-refractivity contribution in [1.82, 2.24) is 25.1 Å². The van der Waals surface area contributed by atoms with Gasteiger partial charge >= 0.3 is 5.69 Å². The molecule has 0 fully saturated rings. The molecule has 3 N–H and O–H groups in total. The van der Waals surface area contributed by atoms with Crippen LogP contribution in [0, 0.1) is 10.8 Å². The Morgan fingerprint density at radius 1 is 0.673 bits per heavy atom. The van der Waals surface area contributed by atoms with Gasteiger partial charge in [-0.15, -0.1) is 0 Å². The van der Waals surface area contributed by atoms with Crippen molar-refractivity contribution >= 4 is 35.1 Å². The average molecular weight is 686 g/mol. The Kier molecular flexibility index (Phi) is 15.5. The number of nitrogens with one attached hydrogen (secondary N) is 3. The predicted octanol–water partition coefficient (Wildman–Crippen LogP) is 4.04. The van der Waals surface area contributed by atoms with Crippen molar-refractivity contribution in [3.05, 3.63) is 68.9 Å². The number of aromatic amines is 1. The highest BCUT2D eigenvalue weighted by molar-refractivity contribution is 6.10. The maximum Gasteiger partial charge on any atom is 0.328 e. The fourth-order valence-corrected chi connectivity index (χ4v) is 4.36. The molecule has 49 heavy (non-hydrogen) atoms. The second kappa shape index (κ2) is 17.1. The maximum atomic E-state index is 11.3. The molecule has 3 aliphatic heterocycles. The van der Waals surface area contributed by atoms with Crippen molar-refractivity contribution < 1.29 is 28.8 Å². The predicted molar refractivity (Wildman–Crippen MR) is 189 cm³/mol. The number of carbonyl (C=O) groups is 6. The molecule has 3 amide bonds. The summed E-state index contributed by atoms with van der Waals surface area (Å²) >= 11 is 0. The van der Waals surface area contributed by atoms with Gasteiger partial charge in [-0.3, -0.25) is 38.1 Å². The van der Waals surface area contributed by atoms with Crippen molar-refractivity contribution in [3.63, 3.8) is 0 Å². The van der Waals surface area contributed by atoms with Gasteiger partial charge in [0.2, 0.25) is 17.7 Å². The van der Waals surface area contributed by atoms with Crippen LogP contribution in [0.2, 0.25) is 0 Å². The average Bonchev–Trinajstić information content (AvgIpc) is 2.86. The van der Waals surface area contributed by atoms with Gasteiger partial charge < -0.3 is 20.5 Å². The van der Waals surface area contributed by atoms with Crippen molar-refractivity contribution in [2.24, 2.45) is 10.8 Å². The van der Waals surface area contributed by atoms with Gasteiger partial charge in [0.05, 0.1) is 19.3 Å². The van der Waals surface area contributed by atoms with Gasteiger partial charge in [-0.1, -0.05) is 49.0 Å². The van der Waals surface area contributed by atoms with Crippen LogP contribution in [0.15, 0.2) is 57.7 Å². The summed E-state index contributed by atoms with van der Waals surface area (Å²) in [5.74, 6) is -0.814. The SMILES string of the molecule is C.CC(C)(C)C1=CC(=O)CC(=O)N1.CC(C)(C)C1=CNC(=O)CC1=O.CC(C)(C)N1C=CC(=O)CC1=O.CC(C)(C)n1c(=O)cc[nH]c1=O. The normalized spacial score (nSPS) is 16.6. The zero-order valence-corrected chi connectivity index (χ0v) is 30.2. The molecule has 13 nitrogen and oxygen atoms in total. The van der Waals surface area contributed by atoms with Crippen LogP contribution >= 0.6 is 0 Å². The summed E-state index contributed by atoms with van der Waals surface area (Å²) in [7, 11) is 0. The lowest BCUT2D eigenvalue weighted by atomic mass is 9.82. The summed E-state index contributed by atoms with van der Waals surface area (Å²) in [4.78, 5) is 92.6. The molecule has 1 aromatic rings. The minimum absolute atomic E-state index is 0. The molecule has 3 aliphatic rings. The molecule has 0 bridgehead atoms. The van der Waals surface area contributed by atoms with E-state index in [9.17, 15) is 38.4 Å². The Labute approximate surface area is 289 Å². The smallest absolute Gasteiger partial charge is 0.328 e. The number of aromatic nitrogens is 2. The number of hydrogen-bond donors (Lipinski definition) is 3. The van der Waals surface area contributed by atoms with E-state index in [0.717, 1.165) is 0 Å². The second-order valence-electron chi connectivity index (χ2n) is 15.5. The highest BCUT2D eigenvalue weighted by Gasteiger charge is 2.29. The number of amides is 3. The van der Waals surface area contributed by atoms with Crippen molar-refractivity contribution in [2.45, 2.75) is 121 Å². The molecule has 0 radical (unpaired) electrons. The van der Waals surface area contributed by atoms with Gasteiger partial charge in [0.1, 0.15) is 0 Å². The lowest BCUT2D eigenvalue weighted by Gasteiger charge is -2.34. The summed E-state index contributed by atoms with van der Waals surface area (Å²) in [5, 5.41) is 5.24. The van der Waals surface area contributed by atoms with Gasteiger partial charge in [-0.25, -0.2) is 4.79 Å². The van der Waals surface area contributed by atoms with Gasteiger partial charge in [0, 0.05) is 58.5 Å². The van der Waals surface area contributed by atoms with E-state index in [1.165, 1.54) is 35.2 Å². The first-order chi connectivity index (χ1) is 21.6. The Hall–Kier alpha value is -4.68.